The molecule has 406 valence electrons. The van der Waals surface area contributed by atoms with Gasteiger partial charge < -0.3 is 33.8 Å². The molecule has 15 rings (SSSR count). The smallest absolute Gasteiger partial charge is 0.172 e. The summed E-state index contributed by atoms with van der Waals surface area (Å²) < 4.78 is 61.8. The van der Waals surface area contributed by atoms with Gasteiger partial charge in [0.1, 0.15) is 23.3 Å². The van der Waals surface area contributed by atoms with Gasteiger partial charge in [-0.1, -0.05) is 19.3 Å². The zero-order valence-electron chi connectivity index (χ0n) is 44.0. The number of aromatic nitrogens is 4. The lowest BCUT2D eigenvalue weighted by Gasteiger charge is -2.26. The molecular weight excluding hydrogens is 1030 g/mol. The number of Topliss-reactive ketones (excluding diaryl/α,β-unsaturated/α-hetero) is 4. The van der Waals surface area contributed by atoms with Gasteiger partial charge in [0.15, 0.2) is 23.1 Å². The first kappa shape index (κ1) is 51.5. The highest BCUT2D eigenvalue weighted by atomic mass is 35.5. The summed E-state index contributed by atoms with van der Waals surface area (Å²) >= 11 is 5.59. The van der Waals surface area contributed by atoms with E-state index in [4.69, 9.17) is 11.6 Å². The van der Waals surface area contributed by atoms with Gasteiger partial charge in [-0.25, -0.2) is 17.6 Å². The zero-order chi connectivity index (χ0) is 54.2. The van der Waals surface area contributed by atoms with Crippen molar-refractivity contribution in [3.63, 3.8) is 0 Å². The molecule has 0 unspecified atom stereocenters. The first-order chi connectivity index (χ1) is 38.4. The highest BCUT2D eigenvalue weighted by Crippen LogP contribution is 2.47. The third-order valence-corrected chi connectivity index (χ3v) is 17.5. The van der Waals surface area contributed by atoms with Gasteiger partial charge in [0.05, 0.1) is 34.9 Å². The number of nitrogens with zero attached hydrogens (tertiary/aromatic N) is 5. The van der Waals surface area contributed by atoms with E-state index in [2.05, 4.69) is 33.8 Å². The lowest BCUT2D eigenvalue weighted by atomic mass is 9.96. The predicted molar refractivity (Wildman–Crippen MR) is 306 cm³/mol. The van der Waals surface area contributed by atoms with Crippen LogP contribution >= 0.6 is 11.6 Å². The van der Waals surface area contributed by atoms with Crippen LogP contribution < -0.4 is 0 Å². The van der Waals surface area contributed by atoms with Crippen LogP contribution in [-0.2, 0) is 13.1 Å². The predicted octanol–water partition coefficient (Wildman–Crippen LogP) is 13.6. The lowest BCUT2D eigenvalue weighted by molar-refractivity contribution is 0.0907. The van der Waals surface area contributed by atoms with Crippen molar-refractivity contribution < 1.29 is 36.7 Å². The molecule has 3 aliphatic heterocycles. The van der Waals surface area contributed by atoms with Crippen molar-refractivity contribution in [2.24, 2.45) is 0 Å². The number of rotatable bonds is 8. The van der Waals surface area contributed by atoms with Gasteiger partial charge in [-0.15, -0.1) is 11.6 Å². The second-order valence-electron chi connectivity index (χ2n) is 22.1. The van der Waals surface area contributed by atoms with Crippen LogP contribution in [0.15, 0.2) is 72.8 Å². The number of alkyl halides is 1. The monoisotopic (exact) mass is 1090 g/mol. The van der Waals surface area contributed by atoms with E-state index in [1.165, 1.54) is 119 Å². The Kier molecular flexibility index (Phi) is 13.7. The molecule has 10 aromatic rings. The normalized spacial score (nSPS) is 17.6. The van der Waals surface area contributed by atoms with E-state index >= 15 is 0 Å². The van der Waals surface area contributed by atoms with Crippen molar-refractivity contribution in [1.29, 1.82) is 0 Å². The molecule has 0 spiro atoms. The third-order valence-electron chi connectivity index (χ3n) is 17.3. The molecule has 3 saturated heterocycles. The van der Waals surface area contributed by atoms with Crippen LogP contribution in [0.5, 0.6) is 0 Å². The summed E-state index contributed by atoms with van der Waals surface area (Å²) in [5.74, 6) is -1.87. The number of aromatic amines is 2. The van der Waals surface area contributed by atoms with E-state index < -0.39 is 23.3 Å². The molecule has 2 aliphatic carbocycles. The Labute approximate surface area is 457 Å². The summed E-state index contributed by atoms with van der Waals surface area (Å²) in [6.07, 6.45) is 10.9. The fourth-order valence-electron chi connectivity index (χ4n) is 13.8. The van der Waals surface area contributed by atoms with Crippen molar-refractivity contribution in [3.8, 4) is 0 Å². The van der Waals surface area contributed by atoms with Crippen LogP contribution in [0.4, 0.5) is 17.6 Å². The topological polar surface area (TPSA) is 119 Å². The molecule has 7 heterocycles. The van der Waals surface area contributed by atoms with Crippen LogP contribution in [0, 0.1) is 23.3 Å². The number of nitrogens with one attached hydrogen (secondary N) is 2. The van der Waals surface area contributed by atoms with E-state index in [0.29, 0.717) is 100 Å². The summed E-state index contributed by atoms with van der Waals surface area (Å²) in [5.41, 5.74) is 7.31. The second-order valence-corrected chi connectivity index (χ2v) is 22.5. The minimum Gasteiger partial charge on any atom is -0.353 e. The summed E-state index contributed by atoms with van der Waals surface area (Å²) in [7, 11) is 0. The minimum absolute atomic E-state index is 0.221. The molecule has 0 atom stereocenters. The molecule has 0 radical (unpaired) electrons. The standard InChI is InChI=1S/2C28H23F2N3O2.C7H14ClN/c2*29-15-4-6-19-17(12-15)23-25-21(34)14-22(35)26(25)24-18-13-16(30)5-7-20(18)33(28(24)27(23)31-19)11-10-32-8-2-1-3-9-32;8-4-7-9-5-2-1-3-6-9/h2*4-7,12-13,31H,1-3,8-11,14H2;1-7H2. The third kappa shape index (κ3) is 9.01. The maximum Gasteiger partial charge on any atom is 0.172 e. The number of H-pyrrole nitrogens is 2. The van der Waals surface area contributed by atoms with E-state index in [-0.39, 0.29) is 36.0 Å². The van der Waals surface area contributed by atoms with Crippen molar-refractivity contribution in [2.75, 3.05) is 64.8 Å². The number of likely N-dealkylation sites (tertiary alicyclic amines) is 3. The Morgan fingerprint density at radius 1 is 0.392 bits per heavy atom. The Morgan fingerprint density at radius 3 is 1.09 bits per heavy atom. The van der Waals surface area contributed by atoms with Gasteiger partial charge >= 0.3 is 0 Å². The van der Waals surface area contributed by atoms with Gasteiger partial charge in [0.25, 0.3) is 0 Å². The molecule has 16 heteroatoms. The van der Waals surface area contributed by atoms with E-state index in [1.54, 1.807) is 24.3 Å². The fourth-order valence-corrected chi connectivity index (χ4v) is 14.0. The molecule has 4 aromatic heterocycles. The zero-order valence-corrected chi connectivity index (χ0v) is 44.7. The van der Waals surface area contributed by atoms with Crippen LogP contribution in [0.2, 0.25) is 0 Å². The molecule has 11 nitrogen and oxygen atoms in total. The Bertz CT molecular complexity index is 3900. The Hall–Kier alpha value is -6.91. The van der Waals surface area contributed by atoms with Crippen LogP contribution in [0.1, 0.15) is 112 Å². The first-order valence-electron chi connectivity index (χ1n) is 28.1. The summed E-state index contributed by atoms with van der Waals surface area (Å²) in [6, 6.07) is 18.2. The number of benzene rings is 6. The Morgan fingerprint density at radius 2 is 0.722 bits per heavy atom. The summed E-state index contributed by atoms with van der Waals surface area (Å²) in [6.45, 7) is 10.8. The summed E-state index contributed by atoms with van der Waals surface area (Å²) in [5, 5.41) is 4.82. The minimum atomic E-state index is -0.406. The molecule has 0 bridgehead atoms. The van der Waals surface area contributed by atoms with Gasteiger partial charge in [0, 0.05) is 126 Å². The Balaban J connectivity index is 0.000000129. The average molecular weight is 1090 g/mol. The molecule has 2 N–H and O–H groups in total. The number of carbonyl (C=O) groups excluding carboxylic acids is 4. The molecule has 6 aromatic carbocycles. The van der Waals surface area contributed by atoms with Gasteiger partial charge in [0.2, 0.25) is 0 Å². The van der Waals surface area contributed by atoms with Crippen LogP contribution in [0.3, 0.4) is 0 Å². The first-order valence-corrected chi connectivity index (χ1v) is 28.6. The number of halogens is 5. The van der Waals surface area contributed by atoms with Crippen LogP contribution in [-0.4, -0.2) is 122 Å². The molecular formula is C63H60ClF4N7O4. The SMILES string of the molecule is ClCCN1CCCCC1.O=C1CC(=O)c2c1c1c3cc(F)ccc3[nH]c1c1c2c2cc(F)ccc2n1CCN1CCCCC1.O=C1CC(=O)c2c1c1c3cc(F)ccc3[nH]c1c1c2c2cc(F)ccc2n1CCN1CCCCC1. The van der Waals surface area contributed by atoms with Gasteiger partial charge in [-0.2, -0.15) is 0 Å². The van der Waals surface area contributed by atoms with Crippen molar-refractivity contribution >= 4 is 122 Å². The molecule has 5 aliphatic rings. The number of carbonyl (C=O) groups is 4. The number of fused-ring (bicyclic) bond motifs is 20. The number of hydrogen-bond donors (Lipinski definition) is 2. The lowest BCUT2D eigenvalue weighted by Crippen LogP contribution is -2.32. The largest absolute Gasteiger partial charge is 0.353 e. The second kappa shape index (κ2) is 21.0. The summed E-state index contributed by atoms with van der Waals surface area (Å²) in [4.78, 5) is 66.7. The maximum absolute atomic E-state index is 14.5. The van der Waals surface area contributed by atoms with Gasteiger partial charge in [-0.05, 0) is 151 Å². The quantitative estimate of drug-likeness (QED) is 0.0883. The van der Waals surface area contributed by atoms with E-state index in [9.17, 15) is 36.7 Å². The van der Waals surface area contributed by atoms with Crippen LogP contribution in [0.25, 0.3) is 87.2 Å². The number of hydrogen-bond acceptors (Lipinski definition) is 7. The van der Waals surface area contributed by atoms with Crippen molar-refractivity contribution in [1.82, 2.24) is 33.8 Å². The highest BCUT2D eigenvalue weighted by molar-refractivity contribution is 6.42. The van der Waals surface area contributed by atoms with E-state index in [0.717, 1.165) is 73.8 Å². The van der Waals surface area contributed by atoms with Crippen molar-refractivity contribution in [2.45, 2.75) is 83.7 Å². The van der Waals surface area contributed by atoms with E-state index in [1.807, 2.05) is 0 Å². The van der Waals surface area contributed by atoms with Crippen molar-refractivity contribution in [3.05, 3.63) is 118 Å². The average Bonchev–Trinajstić information content (AvgIpc) is 4.46. The maximum atomic E-state index is 14.5. The molecule has 79 heavy (non-hydrogen) atoms. The van der Waals surface area contributed by atoms with Gasteiger partial charge in [-0.3, -0.25) is 19.2 Å². The number of ketones is 4. The molecule has 3 fully saturated rings. The number of piperidine rings is 3. The fraction of sp³-hybridized carbons (Fsp3) is 0.365. The molecule has 0 amide bonds. The highest BCUT2D eigenvalue weighted by Gasteiger charge is 2.38. The molecule has 0 saturated carbocycles.